The Kier molecular flexibility index (Phi) is 2.96. The number of carboxylic acids is 1. The molecule has 0 bridgehead atoms. The molecule has 13 heavy (non-hydrogen) atoms. The Balaban J connectivity index is 2.75. The summed E-state index contributed by atoms with van der Waals surface area (Å²) in [4.78, 5) is 10.8. The van der Waals surface area contributed by atoms with E-state index >= 15 is 0 Å². The van der Waals surface area contributed by atoms with Gasteiger partial charge in [-0.05, 0) is 37.5 Å². The van der Waals surface area contributed by atoms with E-state index in [1.54, 1.807) is 0 Å². The molecule has 0 aromatic carbocycles. The summed E-state index contributed by atoms with van der Waals surface area (Å²) in [7, 11) is 0. The second-order valence-corrected chi connectivity index (χ2v) is 4.22. The fraction of sp³-hybridized carbons (Fsp3) is 0.900. The smallest absolute Gasteiger partial charge is 0.303 e. The molecule has 76 valence electrons. The lowest BCUT2D eigenvalue weighted by atomic mass is 9.72. The number of carboxylic acid groups (broad SMARTS) is 1. The zero-order valence-electron chi connectivity index (χ0n) is 8.42. The summed E-state index contributed by atoms with van der Waals surface area (Å²) < 4.78 is 0. The van der Waals surface area contributed by atoms with E-state index in [0.29, 0.717) is 5.92 Å². The van der Waals surface area contributed by atoms with Gasteiger partial charge in [0.1, 0.15) is 0 Å². The number of nitrogens with two attached hydrogens (primary N) is 1. The van der Waals surface area contributed by atoms with Crippen molar-refractivity contribution >= 4 is 5.97 Å². The van der Waals surface area contributed by atoms with E-state index < -0.39 is 5.97 Å². The maximum absolute atomic E-state index is 10.8. The van der Waals surface area contributed by atoms with Crippen LogP contribution in [0.25, 0.3) is 0 Å². The molecule has 0 aliphatic heterocycles. The fourth-order valence-corrected chi connectivity index (χ4v) is 2.35. The van der Waals surface area contributed by atoms with Gasteiger partial charge in [-0.2, -0.15) is 0 Å². The molecule has 1 saturated carbocycles. The van der Waals surface area contributed by atoms with Crippen LogP contribution in [0.4, 0.5) is 0 Å². The zero-order valence-corrected chi connectivity index (χ0v) is 8.42. The molecule has 3 N–H and O–H groups in total. The van der Waals surface area contributed by atoms with E-state index in [1.807, 2.05) is 13.8 Å². The molecule has 2 unspecified atom stereocenters. The topological polar surface area (TPSA) is 63.3 Å². The van der Waals surface area contributed by atoms with E-state index in [4.69, 9.17) is 10.8 Å². The van der Waals surface area contributed by atoms with Crippen molar-refractivity contribution in [2.45, 2.75) is 45.6 Å². The second-order valence-electron chi connectivity index (χ2n) is 4.22. The van der Waals surface area contributed by atoms with E-state index in [9.17, 15) is 4.79 Å². The molecular weight excluding hydrogens is 166 g/mol. The quantitative estimate of drug-likeness (QED) is 0.684. The monoisotopic (exact) mass is 185 g/mol. The number of hydrogen-bond acceptors (Lipinski definition) is 2. The van der Waals surface area contributed by atoms with Gasteiger partial charge in [-0.15, -0.1) is 0 Å². The van der Waals surface area contributed by atoms with Crippen LogP contribution in [-0.4, -0.2) is 17.1 Å². The van der Waals surface area contributed by atoms with Crippen LogP contribution in [0.5, 0.6) is 0 Å². The molecule has 0 amide bonds. The summed E-state index contributed by atoms with van der Waals surface area (Å²) in [6.07, 6.45) is 3.42. The van der Waals surface area contributed by atoms with E-state index in [2.05, 4.69) is 0 Å². The molecule has 1 aliphatic rings. The summed E-state index contributed by atoms with van der Waals surface area (Å²) in [5, 5.41) is 8.85. The van der Waals surface area contributed by atoms with E-state index in [1.165, 1.54) is 0 Å². The van der Waals surface area contributed by atoms with Crippen LogP contribution >= 0.6 is 0 Å². The van der Waals surface area contributed by atoms with Crippen molar-refractivity contribution in [3.05, 3.63) is 0 Å². The molecule has 3 nitrogen and oxygen atoms in total. The minimum absolute atomic E-state index is 0.0129. The number of rotatable bonds is 5. The normalized spacial score (nSPS) is 23.6. The predicted octanol–water partition coefficient (Wildman–Crippen LogP) is 1.61. The third kappa shape index (κ3) is 2.02. The lowest BCUT2D eigenvalue weighted by molar-refractivity contribution is -0.140. The highest BCUT2D eigenvalue weighted by Gasteiger charge is 2.47. The minimum Gasteiger partial charge on any atom is -0.481 e. The SMILES string of the molecule is CCC(CC(=O)O)(C(C)N)C1CC1. The molecule has 3 heteroatoms. The van der Waals surface area contributed by atoms with Crippen molar-refractivity contribution in [3.63, 3.8) is 0 Å². The molecule has 0 spiro atoms. The van der Waals surface area contributed by atoms with Gasteiger partial charge in [-0.1, -0.05) is 6.92 Å². The van der Waals surface area contributed by atoms with Gasteiger partial charge in [0.2, 0.25) is 0 Å². The molecule has 0 aromatic heterocycles. The molecule has 0 saturated heterocycles. The van der Waals surface area contributed by atoms with Crippen LogP contribution in [0.3, 0.4) is 0 Å². The van der Waals surface area contributed by atoms with E-state index in [0.717, 1.165) is 19.3 Å². The van der Waals surface area contributed by atoms with Crippen molar-refractivity contribution in [2.75, 3.05) is 0 Å². The first kappa shape index (κ1) is 10.5. The second kappa shape index (κ2) is 3.66. The predicted molar refractivity (Wildman–Crippen MR) is 51.4 cm³/mol. The van der Waals surface area contributed by atoms with Crippen molar-refractivity contribution in [3.8, 4) is 0 Å². The highest BCUT2D eigenvalue weighted by molar-refractivity contribution is 5.68. The Bertz CT molecular complexity index is 195. The molecule has 0 radical (unpaired) electrons. The first-order chi connectivity index (χ1) is 6.03. The standard InChI is InChI=1S/C10H19NO2/c1-3-10(7(2)11,6-9(12)13)8-4-5-8/h7-8H,3-6,11H2,1-2H3,(H,12,13). The van der Waals surface area contributed by atoms with Crippen LogP contribution in [0, 0.1) is 11.3 Å². The summed E-state index contributed by atoms with van der Waals surface area (Å²) in [5.74, 6) is -0.167. The van der Waals surface area contributed by atoms with Crippen LogP contribution in [0.1, 0.15) is 39.5 Å². The Morgan fingerprint density at radius 1 is 1.69 bits per heavy atom. The van der Waals surface area contributed by atoms with E-state index in [-0.39, 0.29) is 17.9 Å². The molecule has 0 aromatic rings. The van der Waals surface area contributed by atoms with Crippen molar-refractivity contribution in [1.29, 1.82) is 0 Å². The van der Waals surface area contributed by atoms with Gasteiger partial charge in [0.05, 0.1) is 6.42 Å². The number of carbonyl (C=O) groups is 1. The third-order valence-electron chi connectivity index (χ3n) is 3.44. The highest BCUT2D eigenvalue weighted by atomic mass is 16.4. The van der Waals surface area contributed by atoms with Crippen molar-refractivity contribution in [2.24, 2.45) is 17.1 Å². The molecule has 1 fully saturated rings. The number of aliphatic carboxylic acids is 1. The molecule has 1 rings (SSSR count). The summed E-state index contributed by atoms with van der Waals surface area (Å²) in [6, 6.07) is -0.0129. The average molecular weight is 185 g/mol. The van der Waals surface area contributed by atoms with Crippen LogP contribution in [-0.2, 0) is 4.79 Å². The number of hydrogen-bond donors (Lipinski definition) is 2. The Morgan fingerprint density at radius 3 is 2.46 bits per heavy atom. The molecule has 2 atom stereocenters. The fourth-order valence-electron chi connectivity index (χ4n) is 2.35. The Hall–Kier alpha value is -0.570. The minimum atomic E-state index is -0.717. The lowest BCUT2D eigenvalue weighted by Crippen LogP contribution is -2.42. The molecular formula is C10H19NO2. The molecule has 1 aliphatic carbocycles. The lowest BCUT2D eigenvalue weighted by Gasteiger charge is -2.35. The summed E-state index contributed by atoms with van der Waals surface area (Å²) in [5.41, 5.74) is 5.76. The average Bonchev–Trinajstić information content (AvgIpc) is 2.81. The van der Waals surface area contributed by atoms with Crippen LogP contribution in [0.15, 0.2) is 0 Å². The van der Waals surface area contributed by atoms with Gasteiger partial charge in [0.25, 0.3) is 0 Å². The van der Waals surface area contributed by atoms with Gasteiger partial charge in [-0.25, -0.2) is 0 Å². The molecule has 0 heterocycles. The largest absolute Gasteiger partial charge is 0.481 e. The highest BCUT2D eigenvalue weighted by Crippen LogP contribution is 2.51. The Labute approximate surface area is 79.3 Å². The first-order valence-corrected chi connectivity index (χ1v) is 5.00. The van der Waals surface area contributed by atoms with Crippen LogP contribution < -0.4 is 5.73 Å². The summed E-state index contributed by atoms with van der Waals surface area (Å²) in [6.45, 7) is 3.98. The third-order valence-corrected chi connectivity index (χ3v) is 3.44. The Morgan fingerprint density at radius 2 is 2.23 bits per heavy atom. The van der Waals surface area contributed by atoms with Crippen molar-refractivity contribution in [1.82, 2.24) is 0 Å². The first-order valence-electron chi connectivity index (χ1n) is 5.00. The maximum Gasteiger partial charge on any atom is 0.303 e. The van der Waals surface area contributed by atoms with Gasteiger partial charge in [-0.3, -0.25) is 4.79 Å². The van der Waals surface area contributed by atoms with Crippen molar-refractivity contribution < 1.29 is 9.90 Å². The summed E-state index contributed by atoms with van der Waals surface area (Å²) >= 11 is 0. The van der Waals surface area contributed by atoms with Gasteiger partial charge < -0.3 is 10.8 Å². The van der Waals surface area contributed by atoms with Gasteiger partial charge in [0.15, 0.2) is 0 Å². The van der Waals surface area contributed by atoms with Crippen LogP contribution in [0.2, 0.25) is 0 Å². The van der Waals surface area contributed by atoms with Gasteiger partial charge in [0, 0.05) is 6.04 Å². The maximum atomic E-state index is 10.8. The zero-order chi connectivity index (χ0) is 10.1. The van der Waals surface area contributed by atoms with Gasteiger partial charge >= 0.3 is 5.97 Å².